The third-order valence-corrected chi connectivity index (χ3v) is 3.91. The molecule has 112 valence electrons. The Kier molecular flexibility index (Phi) is 5.49. The summed E-state index contributed by atoms with van der Waals surface area (Å²) in [6.45, 7) is 5.94. The van der Waals surface area contributed by atoms with E-state index in [2.05, 4.69) is 12.2 Å². The highest BCUT2D eigenvalue weighted by atomic mass is 19.2. The van der Waals surface area contributed by atoms with Gasteiger partial charge in [-0.3, -0.25) is 0 Å². The fourth-order valence-corrected chi connectivity index (χ4v) is 2.67. The third-order valence-electron chi connectivity index (χ3n) is 3.91. The molecule has 1 saturated heterocycles. The van der Waals surface area contributed by atoms with Crippen molar-refractivity contribution in [2.24, 2.45) is 5.92 Å². The average molecular weight is 283 g/mol. The number of nitrogens with one attached hydrogen (secondary N) is 1. The van der Waals surface area contributed by atoms with Gasteiger partial charge in [0, 0.05) is 24.8 Å². The van der Waals surface area contributed by atoms with Crippen LogP contribution in [-0.2, 0) is 4.74 Å². The van der Waals surface area contributed by atoms with Gasteiger partial charge in [0.1, 0.15) is 0 Å². The largest absolute Gasteiger partial charge is 0.381 e. The second-order valence-corrected chi connectivity index (χ2v) is 5.57. The van der Waals surface area contributed by atoms with E-state index in [1.54, 1.807) is 19.1 Å². The first-order valence-corrected chi connectivity index (χ1v) is 7.39. The summed E-state index contributed by atoms with van der Waals surface area (Å²) in [7, 11) is 0. The van der Waals surface area contributed by atoms with Gasteiger partial charge in [-0.1, -0.05) is 19.1 Å². The molecule has 2 atom stereocenters. The lowest BCUT2D eigenvalue weighted by atomic mass is 9.93. The van der Waals surface area contributed by atoms with Gasteiger partial charge >= 0.3 is 0 Å². The molecule has 0 amide bonds. The van der Waals surface area contributed by atoms with Crippen molar-refractivity contribution in [3.05, 3.63) is 34.9 Å². The number of ether oxygens (including phenoxy) is 1. The number of hydrogen-bond acceptors (Lipinski definition) is 2. The van der Waals surface area contributed by atoms with Gasteiger partial charge in [0.05, 0.1) is 0 Å². The van der Waals surface area contributed by atoms with Crippen molar-refractivity contribution >= 4 is 0 Å². The van der Waals surface area contributed by atoms with Crippen molar-refractivity contribution < 1.29 is 13.5 Å². The second-order valence-electron chi connectivity index (χ2n) is 5.57. The molecule has 2 rings (SSSR count). The first-order chi connectivity index (χ1) is 9.63. The van der Waals surface area contributed by atoms with E-state index in [0.29, 0.717) is 17.0 Å². The highest BCUT2D eigenvalue weighted by Gasteiger charge is 2.24. The summed E-state index contributed by atoms with van der Waals surface area (Å²) < 4.78 is 33.3. The standard InChI is InChI=1S/C16H23F2NO/c1-3-7-19-14(9-12-6-8-20-10-12)13-5-4-11(2)15(17)16(13)18/h4-5,12,14,19H,3,6-10H2,1-2H3. The number of aryl methyl sites for hydroxylation is 1. The van der Waals surface area contributed by atoms with Crippen molar-refractivity contribution in [2.45, 2.75) is 39.2 Å². The Labute approximate surface area is 119 Å². The summed E-state index contributed by atoms with van der Waals surface area (Å²) in [6.07, 6.45) is 2.76. The Balaban J connectivity index is 2.18. The molecule has 0 bridgehead atoms. The minimum absolute atomic E-state index is 0.142. The van der Waals surface area contributed by atoms with Gasteiger partial charge in [-0.2, -0.15) is 0 Å². The zero-order valence-electron chi connectivity index (χ0n) is 12.2. The van der Waals surface area contributed by atoms with Gasteiger partial charge in [-0.05, 0) is 44.2 Å². The summed E-state index contributed by atoms with van der Waals surface area (Å²) in [4.78, 5) is 0. The first kappa shape index (κ1) is 15.4. The highest BCUT2D eigenvalue weighted by molar-refractivity contribution is 5.28. The van der Waals surface area contributed by atoms with E-state index in [1.165, 1.54) is 0 Å². The Morgan fingerprint density at radius 1 is 1.35 bits per heavy atom. The van der Waals surface area contributed by atoms with Gasteiger partial charge < -0.3 is 10.1 Å². The molecule has 0 saturated carbocycles. The molecule has 0 aliphatic carbocycles. The van der Waals surface area contributed by atoms with E-state index >= 15 is 0 Å². The quantitative estimate of drug-likeness (QED) is 0.858. The molecule has 1 aliphatic heterocycles. The van der Waals surface area contributed by atoms with Crippen LogP contribution in [0.2, 0.25) is 0 Å². The lowest BCUT2D eigenvalue weighted by Crippen LogP contribution is -2.26. The molecule has 1 aromatic rings. The van der Waals surface area contributed by atoms with Gasteiger partial charge in [0.15, 0.2) is 11.6 Å². The second kappa shape index (κ2) is 7.14. The smallest absolute Gasteiger partial charge is 0.163 e. The molecule has 0 aromatic heterocycles. The number of hydrogen-bond donors (Lipinski definition) is 1. The summed E-state index contributed by atoms with van der Waals surface area (Å²) in [5, 5.41) is 3.34. The van der Waals surface area contributed by atoms with Crippen LogP contribution >= 0.6 is 0 Å². The molecule has 0 radical (unpaired) electrons. The van der Waals surface area contributed by atoms with Gasteiger partial charge in [0.25, 0.3) is 0 Å². The minimum Gasteiger partial charge on any atom is -0.381 e. The van der Waals surface area contributed by atoms with Crippen LogP contribution in [0.4, 0.5) is 8.78 Å². The first-order valence-electron chi connectivity index (χ1n) is 7.39. The fraction of sp³-hybridized carbons (Fsp3) is 0.625. The van der Waals surface area contributed by atoms with E-state index in [4.69, 9.17) is 4.74 Å². The Bertz CT molecular complexity index is 444. The molecule has 2 unspecified atom stereocenters. The molecule has 1 heterocycles. The van der Waals surface area contributed by atoms with Crippen molar-refractivity contribution in [2.75, 3.05) is 19.8 Å². The van der Waals surface area contributed by atoms with Crippen LogP contribution in [-0.4, -0.2) is 19.8 Å². The van der Waals surface area contributed by atoms with Crippen molar-refractivity contribution in [1.29, 1.82) is 0 Å². The Morgan fingerprint density at radius 3 is 2.80 bits per heavy atom. The lowest BCUT2D eigenvalue weighted by molar-refractivity contribution is 0.181. The summed E-state index contributed by atoms with van der Waals surface area (Å²) >= 11 is 0. The zero-order valence-corrected chi connectivity index (χ0v) is 12.2. The van der Waals surface area contributed by atoms with Gasteiger partial charge in [-0.25, -0.2) is 8.78 Å². The maximum atomic E-state index is 14.2. The average Bonchev–Trinajstić information content (AvgIpc) is 2.94. The summed E-state index contributed by atoms with van der Waals surface area (Å²) in [6, 6.07) is 3.22. The van der Waals surface area contributed by atoms with E-state index in [9.17, 15) is 8.78 Å². The molecule has 20 heavy (non-hydrogen) atoms. The molecule has 1 fully saturated rings. The third kappa shape index (κ3) is 3.55. The van der Waals surface area contributed by atoms with Crippen molar-refractivity contribution in [1.82, 2.24) is 5.32 Å². The Morgan fingerprint density at radius 2 is 2.15 bits per heavy atom. The zero-order chi connectivity index (χ0) is 14.5. The molecule has 1 aliphatic rings. The van der Waals surface area contributed by atoms with Gasteiger partial charge in [0.2, 0.25) is 0 Å². The minimum atomic E-state index is -0.728. The normalized spacial score (nSPS) is 20.3. The number of halogens is 2. The SMILES string of the molecule is CCCNC(CC1CCOC1)c1ccc(C)c(F)c1F. The Hall–Kier alpha value is -1.00. The molecule has 1 N–H and O–H groups in total. The topological polar surface area (TPSA) is 21.3 Å². The van der Waals surface area contributed by atoms with Crippen LogP contribution in [0.15, 0.2) is 12.1 Å². The van der Waals surface area contributed by atoms with Crippen LogP contribution < -0.4 is 5.32 Å². The fourth-order valence-electron chi connectivity index (χ4n) is 2.67. The van der Waals surface area contributed by atoms with E-state index in [-0.39, 0.29) is 6.04 Å². The van der Waals surface area contributed by atoms with Crippen molar-refractivity contribution in [3.8, 4) is 0 Å². The van der Waals surface area contributed by atoms with Crippen LogP contribution in [0.25, 0.3) is 0 Å². The molecule has 1 aromatic carbocycles. The maximum Gasteiger partial charge on any atom is 0.163 e. The van der Waals surface area contributed by atoms with Crippen molar-refractivity contribution in [3.63, 3.8) is 0 Å². The predicted molar refractivity (Wildman–Crippen MR) is 75.7 cm³/mol. The van der Waals surface area contributed by atoms with Crippen LogP contribution in [0.5, 0.6) is 0 Å². The molecule has 2 nitrogen and oxygen atoms in total. The molecule has 4 heteroatoms. The van der Waals surface area contributed by atoms with Crippen LogP contribution in [0, 0.1) is 24.5 Å². The van der Waals surface area contributed by atoms with Crippen LogP contribution in [0.1, 0.15) is 43.4 Å². The van der Waals surface area contributed by atoms with E-state index in [1.807, 2.05) is 0 Å². The highest BCUT2D eigenvalue weighted by Crippen LogP contribution is 2.29. The van der Waals surface area contributed by atoms with Gasteiger partial charge in [-0.15, -0.1) is 0 Å². The number of rotatable bonds is 6. The summed E-state index contributed by atoms with van der Waals surface area (Å²) in [5.41, 5.74) is 0.790. The van der Waals surface area contributed by atoms with Crippen LogP contribution in [0.3, 0.4) is 0 Å². The summed E-state index contributed by atoms with van der Waals surface area (Å²) in [5.74, 6) is -1.01. The maximum absolute atomic E-state index is 14.2. The molecular weight excluding hydrogens is 260 g/mol. The van der Waals surface area contributed by atoms with E-state index < -0.39 is 11.6 Å². The predicted octanol–water partition coefficient (Wildman–Crippen LogP) is 3.74. The monoisotopic (exact) mass is 283 g/mol. The molecule has 0 spiro atoms. The molecular formula is C16H23F2NO. The lowest BCUT2D eigenvalue weighted by Gasteiger charge is -2.22. The number of benzene rings is 1. The van der Waals surface area contributed by atoms with E-state index in [0.717, 1.165) is 39.0 Å².